The summed E-state index contributed by atoms with van der Waals surface area (Å²) in [6.45, 7) is 5.71. The smallest absolute Gasteiger partial charge is 0.230 e. The van der Waals surface area contributed by atoms with Gasteiger partial charge in [0.05, 0.1) is 11.3 Å². The number of carbonyl (C=O) groups excluding carboxylic acids is 1. The number of hydrogen-bond acceptors (Lipinski definition) is 6. The number of rotatable bonds is 4. The maximum Gasteiger partial charge on any atom is 0.230 e. The molecule has 7 heteroatoms. The molecule has 1 amide bonds. The van der Waals surface area contributed by atoms with Gasteiger partial charge in [0.1, 0.15) is 22.8 Å². The number of hydrogen-bond donors (Lipinski definition) is 1. The number of thiophene rings is 1. The van der Waals surface area contributed by atoms with Crippen LogP contribution in [-0.2, 0) is 11.2 Å². The summed E-state index contributed by atoms with van der Waals surface area (Å²) < 4.78 is 0. The molecule has 6 nitrogen and oxygen atoms in total. The van der Waals surface area contributed by atoms with Crippen LogP contribution in [-0.4, -0.2) is 33.9 Å². The lowest BCUT2D eigenvalue weighted by molar-refractivity contribution is -0.120. The zero-order chi connectivity index (χ0) is 18.8. The molecule has 0 unspecified atom stereocenters. The molecule has 1 aliphatic rings. The number of nitrogens with zero attached hydrogens (tertiary/aromatic N) is 4. The highest BCUT2D eigenvalue weighted by atomic mass is 32.1. The fourth-order valence-electron chi connectivity index (χ4n) is 3.47. The summed E-state index contributed by atoms with van der Waals surface area (Å²) in [5.74, 6) is 1.51. The summed E-state index contributed by atoms with van der Waals surface area (Å²) in [6.07, 6.45) is 6.24. The monoisotopic (exact) mass is 381 g/mol. The molecular weight excluding hydrogens is 358 g/mol. The van der Waals surface area contributed by atoms with Crippen LogP contribution >= 0.6 is 11.3 Å². The van der Waals surface area contributed by atoms with E-state index in [4.69, 9.17) is 0 Å². The molecule has 1 saturated heterocycles. The van der Waals surface area contributed by atoms with Gasteiger partial charge in [-0.1, -0.05) is 13.0 Å². The highest BCUT2D eigenvalue weighted by Crippen LogP contribution is 2.32. The minimum Gasteiger partial charge on any atom is -0.355 e. The number of fused-ring (bicyclic) bond motifs is 1. The van der Waals surface area contributed by atoms with E-state index < -0.39 is 0 Å². The van der Waals surface area contributed by atoms with Crippen molar-refractivity contribution >= 4 is 39.1 Å². The van der Waals surface area contributed by atoms with E-state index >= 15 is 0 Å². The highest BCUT2D eigenvalue weighted by molar-refractivity contribution is 7.18. The molecule has 27 heavy (non-hydrogen) atoms. The minimum absolute atomic E-state index is 0.0286. The molecule has 3 aromatic heterocycles. The molecule has 4 heterocycles. The summed E-state index contributed by atoms with van der Waals surface area (Å²) >= 11 is 1.72. The lowest BCUT2D eigenvalue weighted by Crippen LogP contribution is -2.41. The number of piperidine rings is 1. The first-order valence-corrected chi connectivity index (χ1v) is 10.2. The first kappa shape index (κ1) is 17.9. The van der Waals surface area contributed by atoms with Crippen LogP contribution in [0.2, 0.25) is 0 Å². The van der Waals surface area contributed by atoms with Gasteiger partial charge < -0.3 is 10.2 Å². The zero-order valence-corrected chi connectivity index (χ0v) is 16.4. The molecule has 3 aromatic rings. The van der Waals surface area contributed by atoms with Crippen molar-refractivity contribution in [3.05, 3.63) is 41.2 Å². The second-order valence-corrected chi connectivity index (χ2v) is 8.09. The summed E-state index contributed by atoms with van der Waals surface area (Å²) in [5, 5.41) is 4.05. The second-order valence-electron chi connectivity index (χ2n) is 6.98. The average Bonchev–Trinajstić information content (AvgIpc) is 3.13. The molecule has 0 aromatic carbocycles. The molecule has 1 aliphatic heterocycles. The highest BCUT2D eigenvalue weighted by Gasteiger charge is 2.28. The van der Waals surface area contributed by atoms with Gasteiger partial charge in [0.15, 0.2) is 0 Å². The number of nitrogens with one attached hydrogen (secondary N) is 1. The Kier molecular flexibility index (Phi) is 5.03. The largest absolute Gasteiger partial charge is 0.355 e. The SMILES string of the molecule is CCc1cc2c(N3CCC[C@H](C(=O)Nc4ccc(C)cn4)C3)ncnc2s1. The van der Waals surface area contributed by atoms with Crippen LogP contribution < -0.4 is 10.2 Å². The molecule has 0 saturated carbocycles. The fraction of sp³-hybridized carbons (Fsp3) is 0.400. The lowest BCUT2D eigenvalue weighted by atomic mass is 9.97. The Bertz CT molecular complexity index is 953. The molecule has 1 fully saturated rings. The van der Waals surface area contributed by atoms with E-state index in [0.29, 0.717) is 12.4 Å². The number of anilines is 2. The lowest BCUT2D eigenvalue weighted by Gasteiger charge is -2.33. The Balaban J connectivity index is 1.52. The van der Waals surface area contributed by atoms with E-state index in [2.05, 4.69) is 38.2 Å². The van der Waals surface area contributed by atoms with Gasteiger partial charge in [0, 0.05) is 24.2 Å². The summed E-state index contributed by atoms with van der Waals surface area (Å²) in [5.41, 5.74) is 1.08. The van der Waals surface area contributed by atoms with E-state index in [0.717, 1.165) is 47.4 Å². The van der Waals surface area contributed by atoms with E-state index in [1.54, 1.807) is 23.9 Å². The van der Waals surface area contributed by atoms with Gasteiger partial charge in [-0.15, -0.1) is 11.3 Å². The predicted molar refractivity (Wildman–Crippen MR) is 109 cm³/mol. The van der Waals surface area contributed by atoms with Crippen molar-refractivity contribution in [3.8, 4) is 0 Å². The molecular formula is C20H23N5OS. The van der Waals surface area contributed by atoms with Crippen LogP contribution in [0.15, 0.2) is 30.7 Å². The van der Waals surface area contributed by atoms with Gasteiger partial charge >= 0.3 is 0 Å². The van der Waals surface area contributed by atoms with Gasteiger partial charge in [-0.3, -0.25) is 4.79 Å². The van der Waals surface area contributed by atoms with Crippen LogP contribution in [0.1, 0.15) is 30.2 Å². The second kappa shape index (κ2) is 7.60. The molecule has 0 spiro atoms. The van der Waals surface area contributed by atoms with Crippen LogP contribution in [0.5, 0.6) is 0 Å². The Morgan fingerprint density at radius 2 is 2.22 bits per heavy atom. The number of amides is 1. The molecule has 0 aliphatic carbocycles. The zero-order valence-electron chi connectivity index (χ0n) is 15.6. The van der Waals surface area contributed by atoms with Crippen LogP contribution in [0.25, 0.3) is 10.2 Å². The van der Waals surface area contributed by atoms with Crippen LogP contribution in [0, 0.1) is 12.8 Å². The average molecular weight is 382 g/mol. The molecule has 1 N–H and O–H groups in total. The van der Waals surface area contributed by atoms with Crippen molar-refractivity contribution in [2.24, 2.45) is 5.92 Å². The van der Waals surface area contributed by atoms with Gasteiger partial charge in [0.2, 0.25) is 5.91 Å². The van der Waals surface area contributed by atoms with Crippen molar-refractivity contribution < 1.29 is 4.79 Å². The predicted octanol–water partition coefficient (Wildman–Crippen LogP) is 3.81. The van der Waals surface area contributed by atoms with Gasteiger partial charge in [-0.25, -0.2) is 15.0 Å². The third-order valence-electron chi connectivity index (χ3n) is 4.96. The first-order chi connectivity index (χ1) is 13.1. The van der Waals surface area contributed by atoms with Crippen molar-refractivity contribution in [2.45, 2.75) is 33.1 Å². The normalized spacial score (nSPS) is 17.3. The maximum absolute atomic E-state index is 12.7. The third-order valence-corrected chi connectivity index (χ3v) is 6.15. The number of carbonyl (C=O) groups is 1. The summed E-state index contributed by atoms with van der Waals surface area (Å²) in [6, 6.07) is 5.99. The van der Waals surface area contributed by atoms with Gasteiger partial charge in [-0.05, 0) is 43.9 Å². The van der Waals surface area contributed by atoms with Crippen LogP contribution in [0.4, 0.5) is 11.6 Å². The van der Waals surface area contributed by atoms with Crippen LogP contribution in [0.3, 0.4) is 0 Å². The van der Waals surface area contributed by atoms with Gasteiger partial charge in [0.25, 0.3) is 0 Å². The Hall–Kier alpha value is -2.54. The van der Waals surface area contributed by atoms with Gasteiger partial charge in [-0.2, -0.15) is 0 Å². The van der Waals surface area contributed by atoms with Crippen molar-refractivity contribution in [1.82, 2.24) is 15.0 Å². The first-order valence-electron chi connectivity index (χ1n) is 9.36. The fourth-order valence-corrected chi connectivity index (χ4v) is 4.40. The van der Waals surface area contributed by atoms with Crippen molar-refractivity contribution in [2.75, 3.05) is 23.3 Å². The summed E-state index contributed by atoms with van der Waals surface area (Å²) in [4.78, 5) is 30.5. The van der Waals surface area contributed by atoms with E-state index in [-0.39, 0.29) is 11.8 Å². The number of aryl methyl sites for hydroxylation is 2. The molecule has 4 rings (SSSR count). The Morgan fingerprint density at radius 1 is 1.33 bits per heavy atom. The molecule has 140 valence electrons. The molecule has 0 radical (unpaired) electrons. The van der Waals surface area contributed by atoms with E-state index in [1.165, 1.54) is 4.88 Å². The van der Waals surface area contributed by atoms with E-state index in [9.17, 15) is 4.79 Å². The molecule has 0 bridgehead atoms. The van der Waals surface area contributed by atoms with Crippen molar-refractivity contribution in [3.63, 3.8) is 0 Å². The van der Waals surface area contributed by atoms with Crippen molar-refractivity contribution in [1.29, 1.82) is 0 Å². The molecule has 1 atom stereocenters. The standard InChI is InChI=1S/C20H23N5OS/c1-3-15-9-16-18(22-12-23-20(16)27-15)25-8-4-5-14(11-25)19(26)24-17-7-6-13(2)10-21-17/h6-7,9-10,12,14H,3-5,8,11H2,1-2H3,(H,21,24,26)/t14-/m0/s1. The number of aromatic nitrogens is 3. The topological polar surface area (TPSA) is 71.0 Å². The third kappa shape index (κ3) is 3.78. The summed E-state index contributed by atoms with van der Waals surface area (Å²) in [7, 11) is 0. The number of pyridine rings is 1. The minimum atomic E-state index is -0.0730. The maximum atomic E-state index is 12.7. The Labute approximate surface area is 162 Å². The van der Waals surface area contributed by atoms with E-state index in [1.807, 2.05) is 19.1 Å². The quantitative estimate of drug-likeness (QED) is 0.744. The Morgan fingerprint density at radius 3 is 3.00 bits per heavy atom.